The third-order valence-corrected chi connectivity index (χ3v) is 9.32. The number of esters is 1. The Morgan fingerprint density at radius 2 is 1.26 bits per heavy atom. The Hall–Kier alpha value is -5.30. The number of hydrogen-bond acceptors (Lipinski definition) is 10. The molecule has 10 N–H and O–H groups in total. The molecule has 2 rings (SSSR count). The number of benzene rings is 1. The van der Waals surface area contributed by atoms with Gasteiger partial charge in [0, 0.05) is 6.08 Å². The molecular weight excluding hydrogens is 874 g/mol. The van der Waals surface area contributed by atoms with Gasteiger partial charge in [-0.2, -0.15) is 0 Å². The first-order valence-corrected chi connectivity index (χ1v) is 19.4. The summed E-state index contributed by atoms with van der Waals surface area (Å²) in [5.41, 5.74) is 11.5. The van der Waals surface area contributed by atoms with Gasteiger partial charge in [-0.25, -0.2) is 4.79 Å². The van der Waals surface area contributed by atoms with E-state index in [-0.39, 0.29) is 18.1 Å². The lowest BCUT2D eigenvalue weighted by Gasteiger charge is -2.31. The van der Waals surface area contributed by atoms with Crippen LogP contribution in [-0.4, -0.2) is 88.7 Å². The molecule has 0 spiro atoms. The van der Waals surface area contributed by atoms with Crippen LogP contribution < -0.4 is 38.1 Å². The number of rotatable bonds is 13. The summed E-state index contributed by atoms with van der Waals surface area (Å²) in [6.07, 6.45) is 9.92. The van der Waals surface area contributed by atoms with E-state index in [1.54, 1.807) is 76.3 Å². The Labute approximate surface area is 347 Å². The number of nitrogens with two attached hydrogens (primary N) is 2. The van der Waals surface area contributed by atoms with Crippen LogP contribution in [0.3, 0.4) is 0 Å². The number of phenolic OH excluding ortho intramolecular Hbond substituents is 1. The molecule has 0 aromatic heterocycles. The van der Waals surface area contributed by atoms with Crippen LogP contribution in [0.15, 0.2) is 63.6 Å². The van der Waals surface area contributed by atoms with Gasteiger partial charge in [-0.15, -0.1) is 0 Å². The highest BCUT2D eigenvalue weighted by atomic mass is 79.9. The number of hydrogen-bond donors (Lipinski definition) is 8. The van der Waals surface area contributed by atoms with Gasteiger partial charge in [0.1, 0.15) is 42.1 Å². The highest BCUT2D eigenvalue weighted by molar-refractivity contribution is 9.11. The Bertz CT molecular complexity index is 1790. The molecule has 0 aliphatic carbocycles. The standard InChI is InChI=1S/C38H49Br2N7O10/c1-19(2)14-27-38(56)57-21(5)32(46-30(50)13-11-9-7-6-8-10-12-22-15-23(39)33(51)24(40)16-22)37(55)47-31(20(3)4)36(54)44-26(18-29(42)49)34(52)43-25(17-28(41)48)35(53)45-27/h6-13,15-16,19-21,25-27,31-32,51H,14,17-18H2,1-5H3,(H2,41,48)(H2,42,49)(H,43,52)(H,44,54)(H,45,53)(H,46,50)(H,47,55)/b8-6+,9-7+,12-10+,13-11+/t21-,25+,26+,27+,31+,32+/m1/s1. The molecule has 0 bridgehead atoms. The molecule has 1 aromatic carbocycles. The van der Waals surface area contributed by atoms with E-state index in [2.05, 4.69) is 58.4 Å². The highest BCUT2D eigenvalue weighted by Crippen LogP contribution is 2.33. The van der Waals surface area contributed by atoms with Crippen molar-refractivity contribution in [1.82, 2.24) is 26.6 Å². The largest absolute Gasteiger partial charge is 0.506 e. The summed E-state index contributed by atoms with van der Waals surface area (Å²) in [6.45, 7) is 8.01. The maximum atomic E-state index is 13.8. The Balaban J connectivity index is 2.42. The number of nitrogens with one attached hydrogen (secondary N) is 5. The van der Waals surface area contributed by atoms with Gasteiger partial charge < -0.3 is 47.9 Å². The number of carbonyl (C=O) groups is 8. The van der Waals surface area contributed by atoms with Crippen molar-refractivity contribution < 1.29 is 48.2 Å². The van der Waals surface area contributed by atoms with Gasteiger partial charge in [-0.3, -0.25) is 33.6 Å². The molecule has 1 heterocycles. The second-order valence-electron chi connectivity index (χ2n) is 13.8. The fourth-order valence-corrected chi connectivity index (χ4v) is 6.49. The van der Waals surface area contributed by atoms with Crippen molar-refractivity contribution in [2.45, 2.75) is 90.2 Å². The maximum absolute atomic E-state index is 13.8. The molecule has 6 atom stereocenters. The first-order valence-electron chi connectivity index (χ1n) is 17.8. The van der Waals surface area contributed by atoms with Gasteiger partial charge in [-0.05, 0) is 74.7 Å². The first kappa shape index (κ1) is 47.9. The fourth-order valence-electron chi connectivity index (χ4n) is 5.27. The van der Waals surface area contributed by atoms with Crippen LogP contribution in [0.5, 0.6) is 5.75 Å². The SMILES string of the molecule is CC(C)C[C@@H]1NC(=O)[C@H](CC(N)=O)NC(=O)[C@H](CC(N)=O)NC(=O)[C@H](C(C)C)NC(=O)[C@@H](NC(=O)/C=C/C=C/C=C/C=C/c2cc(Br)c(O)c(Br)c2)[C@@H](C)OC1=O. The Morgan fingerprint density at radius 3 is 1.77 bits per heavy atom. The number of carbonyl (C=O) groups excluding carboxylic acids is 8. The van der Waals surface area contributed by atoms with Gasteiger partial charge in [0.2, 0.25) is 41.4 Å². The van der Waals surface area contributed by atoms with Crippen molar-refractivity contribution in [1.29, 1.82) is 0 Å². The molecule has 7 amide bonds. The monoisotopic (exact) mass is 921 g/mol. The van der Waals surface area contributed by atoms with E-state index in [0.717, 1.165) is 11.6 Å². The average Bonchev–Trinajstić information content (AvgIpc) is 3.10. The highest BCUT2D eigenvalue weighted by Gasteiger charge is 2.38. The van der Waals surface area contributed by atoms with Crippen molar-refractivity contribution in [2.24, 2.45) is 23.3 Å². The van der Waals surface area contributed by atoms with Crippen molar-refractivity contribution in [3.8, 4) is 5.75 Å². The van der Waals surface area contributed by atoms with Crippen LogP contribution in [0.1, 0.15) is 59.4 Å². The summed E-state index contributed by atoms with van der Waals surface area (Å²) < 4.78 is 6.67. The van der Waals surface area contributed by atoms with Crippen molar-refractivity contribution in [3.05, 3.63) is 69.2 Å². The van der Waals surface area contributed by atoms with E-state index in [1.807, 2.05) is 0 Å². The number of phenols is 1. The van der Waals surface area contributed by atoms with Crippen LogP contribution >= 0.6 is 31.9 Å². The van der Waals surface area contributed by atoms with Crippen molar-refractivity contribution in [2.75, 3.05) is 0 Å². The number of allylic oxidation sites excluding steroid dienone is 6. The minimum Gasteiger partial charge on any atom is -0.506 e. The number of amides is 7. The second-order valence-corrected chi connectivity index (χ2v) is 15.5. The molecule has 1 aliphatic rings. The van der Waals surface area contributed by atoms with Crippen LogP contribution in [0.25, 0.3) is 6.08 Å². The summed E-state index contributed by atoms with van der Waals surface area (Å²) in [5, 5.41) is 22.0. The van der Waals surface area contributed by atoms with Gasteiger partial charge in [-0.1, -0.05) is 70.2 Å². The smallest absolute Gasteiger partial charge is 0.328 e. The predicted octanol–water partition coefficient (Wildman–Crippen LogP) is 1.42. The molecule has 1 aliphatic heterocycles. The molecule has 17 nitrogen and oxygen atoms in total. The lowest BCUT2D eigenvalue weighted by molar-refractivity contribution is -0.156. The number of cyclic esters (lactones) is 1. The Morgan fingerprint density at radius 1 is 0.772 bits per heavy atom. The molecule has 1 aromatic rings. The summed E-state index contributed by atoms with van der Waals surface area (Å²) in [7, 11) is 0. The van der Waals surface area contributed by atoms with Crippen LogP contribution in [0.4, 0.5) is 0 Å². The van der Waals surface area contributed by atoms with Crippen molar-refractivity contribution in [3.63, 3.8) is 0 Å². The minimum atomic E-state index is -1.65. The molecule has 57 heavy (non-hydrogen) atoms. The van der Waals surface area contributed by atoms with E-state index in [4.69, 9.17) is 16.2 Å². The van der Waals surface area contributed by atoms with E-state index in [1.165, 1.54) is 13.0 Å². The second kappa shape index (κ2) is 23.1. The third kappa shape index (κ3) is 16.4. The predicted molar refractivity (Wildman–Crippen MR) is 217 cm³/mol. The maximum Gasteiger partial charge on any atom is 0.328 e. The molecule has 0 radical (unpaired) electrons. The molecular formula is C38H49Br2N7O10. The van der Waals surface area contributed by atoms with E-state index in [9.17, 15) is 43.5 Å². The van der Waals surface area contributed by atoms with Gasteiger partial charge in [0.15, 0.2) is 0 Å². The molecule has 19 heteroatoms. The Kier molecular flexibility index (Phi) is 19.4. The van der Waals surface area contributed by atoms with E-state index in [0.29, 0.717) is 8.95 Å². The summed E-state index contributed by atoms with van der Waals surface area (Å²) in [4.78, 5) is 105. The molecule has 310 valence electrons. The van der Waals surface area contributed by atoms with Crippen molar-refractivity contribution >= 4 is 85.3 Å². The van der Waals surface area contributed by atoms with Gasteiger partial charge in [0.25, 0.3) is 0 Å². The lowest BCUT2D eigenvalue weighted by Crippen LogP contribution is -2.62. The lowest BCUT2D eigenvalue weighted by atomic mass is 10.0. The number of primary amides is 2. The molecule has 0 unspecified atom stereocenters. The van der Waals surface area contributed by atoms with Gasteiger partial charge in [0.05, 0.1) is 21.8 Å². The normalized spacial score (nSPS) is 23.1. The summed E-state index contributed by atoms with van der Waals surface area (Å²) in [5.74, 6) is -8.41. The molecule has 1 saturated heterocycles. The van der Waals surface area contributed by atoms with Crippen LogP contribution in [0.2, 0.25) is 0 Å². The zero-order chi connectivity index (χ0) is 43.0. The molecule has 1 fully saturated rings. The zero-order valence-electron chi connectivity index (χ0n) is 32.0. The quantitative estimate of drug-likeness (QED) is 0.0801. The summed E-state index contributed by atoms with van der Waals surface area (Å²) >= 11 is 6.55. The number of halogens is 2. The first-order chi connectivity index (χ1) is 26.7. The average molecular weight is 924 g/mol. The fraction of sp³-hybridized carbons (Fsp3) is 0.421. The topological polar surface area (TPSA) is 278 Å². The van der Waals surface area contributed by atoms with E-state index >= 15 is 0 Å². The third-order valence-electron chi connectivity index (χ3n) is 8.11. The van der Waals surface area contributed by atoms with E-state index < -0.39 is 102 Å². The van der Waals surface area contributed by atoms with Crippen LogP contribution in [0, 0.1) is 11.8 Å². The number of aromatic hydroxyl groups is 1. The van der Waals surface area contributed by atoms with Crippen LogP contribution in [-0.2, 0) is 43.1 Å². The van der Waals surface area contributed by atoms with Gasteiger partial charge >= 0.3 is 5.97 Å². The number of ether oxygens (including phenoxy) is 1. The zero-order valence-corrected chi connectivity index (χ0v) is 35.2. The minimum absolute atomic E-state index is 0.0270. The molecule has 0 saturated carbocycles. The summed E-state index contributed by atoms with van der Waals surface area (Å²) in [6, 6.07) is -4.09.